The average molecular weight is 291 g/mol. The maximum absolute atomic E-state index is 11.7. The fourth-order valence-corrected chi connectivity index (χ4v) is 4.28. The Hall–Kier alpha value is -1.15. The van der Waals surface area contributed by atoms with Gasteiger partial charge in [-0.25, -0.2) is 13.2 Å². The topological polar surface area (TPSA) is 101 Å². The second-order valence-corrected chi connectivity index (χ2v) is 7.29. The van der Waals surface area contributed by atoms with Crippen LogP contribution in [-0.4, -0.2) is 67.6 Å². The predicted octanol–water partition coefficient (Wildman–Crippen LogP) is -0.877. The largest absolute Gasteiger partial charge is 0.479 e. The fraction of sp³-hybridized carbons (Fsp3) is 0.818. The monoisotopic (exact) mass is 291 g/mol. The second-order valence-electron chi connectivity index (χ2n) is 5.06. The van der Waals surface area contributed by atoms with Crippen molar-refractivity contribution >= 4 is 21.7 Å². The molecule has 2 heterocycles. The van der Waals surface area contributed by atoms with Crippen molar-refractivity contribution in [3.8, 4) is 0 Å². The number of nitrogens with zero attached hydrogens (tertiary/aromatic N) is 1. The van der Waals surface area contributed by atoms with Gasteiger partial charge in [0.2, 0.25) is 5.91 Å². The lowest BCUT2D eigenvalue weighted by atomic mass is 10.0. The van der Waals surface area contributed by atoms with Gasteiger partial charge in [-0.1, -0.05) is 0 Å². The Bertz CT molecular complexity index is 474. The zero-order chi connectivity index (χ0) is 14.0. The first-order chi connectivity index (χ1) is 8.87. The SMILES string of the molecule is O=C(O)C1CN(CC2CCCS(=O)(=O)C2)C(=O)CO1. The van der Waals surface area contributed by atoms with E-state index >= 15 is 0 Å². The molecule has 2 aliphatic heterocycles. The number of rotatable bonds is 3. The predicted molar refractivity (Wildman–Crippen MR) is 65.3 cm³/mol. The molecule has 0 radical (unpaired) electrons. The average Bonchev–Trinajstić information content (AvgIpc) is 2.30. The quantitative estimate of drug-likeness (QED) is 0.725. The number of aliphatic carboxylic acids is 1. The lowest BCUT2D eigenvalue weighted by Gasteiger charge is -2.34. The lowest BCUT2D eigenvalue weighted by Crippen LogP contribution is -2.51. The van der Waals surface area contributed by atoms with E-state index in [-0.39, 0.29) is 36.5 Å². The van der Waals surface area contributed by atoms with Crippen molar-refractivity contribution in [2.24, 2.45) is 5.92 Å². The van der Waals surface area contributed by atoms with Crippen LogP contribution in [0, 0.1) is 5.92 Å². The van der Waals surface area contributed by atoms with E-state index in [4.69, 9.17) is 9.84 Å². The van der Waals surface area contributed by atoms with E-state index in [1.165, 1.54) is 4.90 Å². The van der Waals surface area contributed by atoms with Crippen LogP contribution in [0.1, 0.15) is 12.8 Å². The highest BCUT2D eigenvalue weighted by Gasteiger charge is 2.34. The van der Waals surface area contributed by atoms with Crippen molar-refractivity contribution < 1.29 is 27.9 Å². The van der Waals surface area contributed by atoms with Crippen LogP contribution in [0.4, 0.5) is 0 Å². The number of sulfone groups is 1. The molecule has 0 aromatic heterocycles. The Morgan fingerprint density at radius 3 is 2.84 bits per heavy atom. The molecule has 0 aromatic rings. The number of hydrogen-bond acceptors (Lipinski definition) is 5. The summed E-state index contributed by atoms with van der Waals surface area (Å²) in [6, 6.07) is 0. The molecule has 2 saturated heterocycles. The van der Waals surface area contributed by atoms with Crippen molar-refractivity contribution in [3.05, 3.63) is 0 Å². The summed E-state index contributed by atoms with van der Waals surface area (Å²) < 4.78 is 28.0. The Balaban J connectivity index is 1.97. The van der Waals surface area contributed by atoms with Crippen molar-refractivity contribution in [1.29, 1.82) is 0 Å². The Morgan fingerprint density at radius 2 is 2.21 bits per heavy atom. The van der Waals surface area contributed by atoms with Gasteiger partial charge in [0.25, 0.3) is 0 Å². The van der Waals surface area contributed by atoms with Gasteiger partial charge >= 0.3 is 5.97 Å². The summed E-state index contributed by atoms with van der Waals surface area (Å²) >= 11 is 0. The third-order valence-electron chi connectivity index (χ3n) is 3.46. The van der Waals surface area contributed by atoms with Crippen molar-refractivity contribution in [2.45, 2.75) is 18.9 Å². The van der Waals surface area contributed by atoms with Gasteiger partial charge in [-0.05, 0) is 18.8 Å². The molecule has 2 aliphatic rings. The zero-order valence-electron chi connectivity index (χ0n) is 10.4. The number of carboxylic acids is 1. The number of ether oxygens (including phenoxy) is 1. The first-order valence-corrected chi connectivity index (χ1v) is 8.02. The van der Waals surface area contributed by atoms with Crippen molar-refractivity contribution in [1.82, 2.24) is 4.90 Å². The van der Waals surface area contributed by atoms with Crippen LogP contribution in [0.25, 0.3) is 0 Å². The van der Waals surface area contributed by atoms with Crippen molar-refractivity contribution in [2.75, 3.05) is 31.2 Å². The summed E-state index contributed by atoms with van der Waals surface area (Å²) in [5.74, 6) is -1.20. The molecule has 0 bridgehead atoms. The van der Waals surface area contributed by atoms with Gasteiger partial charge in [-0.2, -0.15) is 0 Å². The molecule has 1 N–H and O–H groups in total. The van der Waals surface area contributed by atoms with Crippen LogP contribution in [0.5, 0.6) is 0 Å². The summed E-state index contributed by atoms with van der Waals surface area (Å²) in [5, 5.41) is 8.87. The van der Waals surface area contributed by atoms with Gasteiger partial charge in [0.15, 0.2) is 15.9 Å². The molecule has 2 fully saturated rings. The highest BCUT2D eigenvalue weighted by Crippen LogP contribution is 2.20. The Morgan fingerprint density at radius 1 is 1.47 bits per heavy atom. The minimum atomic E-state index is -3.02. The van der Waals surface area contributed by atoms with Gasteiger partial charge < -0.3 is 14.7 Å². The van der Waals surface area contributed by atoms with E-state index in [0.717, 1.165) is 6.42 Å². The van der Waals surface area contributed by atoms with Gasteiger partial charge in [0, 0.05) is 6.54 Å². The maximum Gasteiger partial charge on any atom is 0.334 e. The molecule has 0 aliphatic carbocycles. The van der Waals surface area contributed by atoms with E-state index in [1.807, 2.05) is 0 Å². The normalized spacial score (nSPS) is 31.2. The number of carbonyl (C=O) groups excluding carboxylic acids is 1. The first kappa shape index (κ1) is 14.3. The van der Waals surface area contributed by atoms with Crippen LogP contribution in [0.15, 0.2) is 0 Å². The molecule has 108 valence electrons. The summed E-state index contributed by atoms with van der Waals surface area (Å²) in [4.78, 5) is 23.9. The molecule has 2 unspecified atom stereocenters. The fourth-order valence-electron chi connectivity index (χ4n) is 2.52. The van der Waals surface area contributed by atoms with Crippen molar-refractivity contribution in [3.63, 3.8) is 0 Å². The molecular formula is C11H17NO6S. The van der Waals surface area contributed by atoms with E-state index in [9.17, 15) is 18.0 Å². The lowest BCUT2D eigenvalue weighted by molar-refractivity contribution is -0.165. The summed E-state index contributed by atoms with van der Waals surface area (Å²) in [6.45, 7) is 0.0341. The van der Waals surface area contributed by atoms with E-state index in [0.29, 0.717) is 13.0 Å². The molecule has 8 heteroatoms. The molecule has 0 spiro atoms. The highest BCUT2D eigenvalue weighted by atomic mass is 32.2. The van der Waals surface area contributed by atoms with E-state index in [2.05, 4.69) is 0 Å². The third-order valence-corrected chi connectivity index (χ3v) is 5.35. The minimum Gasteiger partial charge on any atom is -0.479 e. The van der Waals surface area contributed by atoms with Crippen LogP contribution in [-0.2, 0) is 24.2 Å². The molecule has 0 aromatic carbocycles. The molecular weight excluding hydrogens is 274 g/mol. The molecule has 0 saturated carbocycles. The number of carbonyl (C=O) groups is 2. The molecule has 7 nitrogen and oxygen atoms in total. The Labute approximate surface area is 111 Å². The maximum atomic E-state index is 11.7. The van der Waals surface area contributed by atoms with Crippen LogP contribution >= 0.6 is 0 Å². The smallest absolute Gasteiger partial charge is 0.334 e. The van der Waals surface area contributed by atoms with Gasteiger partial charge in [-0.3, -0.25) is 4.79 Å². The van der Waals surface area contributed by atoms with Crippen LogP contribution in [0.3, 0.4) is 0 Å². The molecule has 1 amide bonds. The van der Waals surface area contributed by atoms with Gasteiger partial charge in [0.1, 0.15) is 6.61 Å². The number of morpholine rings is 1. The number of hydrogen-bond donors (Lipinski definition) is 1. The highest BCUT2D eigenvalue weighted by molar-refractivity contribution is 7.91. The standard InChI is InChI=1S/C11H17NO6S/c13-10-6-18-9(11(14)15)5-12(10)4-8-2-1-3-19(16,17)7-8/h8-9H,1-7H2,(H,14,15). The molecule has 2 rings (SSSR count). The van der Waals surface area contributed by atoms with Gasteiger partial charge in [-0.15, -0.1) is 0 Å². The Kier molecular flexibility index (Phi) is 4.10. The van der Waals surface area contributed by atoms with Crippen LogP contribution < -0.4 is 0 Å². The van der Waals surface area contributed by atoms with Crippen LogP contribution in [0.2, 0.25) is 0 Å². The first-order valence-electron chi connectivity index (χ1n) is 6.20. The summed E-state index contributed by atoms with van der Waals surface area (Å²) in [5.41, 5.74) is 0. The van der Waals surface area contributed by atoms with E-state index in [1.54, 1.807) is 0 Å². The molecule has 2 atom stereocenters. The third kappa shape index (κ3) is 3.66. The number of amides is 1. The second kappa shape index (κ2) is 5.46. The summed E-state index contributed by atoms with van der Waals surface area (Å²) in [7, 11) is -3.02. The van der Waals surface area contributed by atoms with Gasteiger partial charge in [0.05, 0.1) is 18.1 Å². The minimum absolute atomic E-state index is 0.00921. The van der Waals surface area contributed by atoms with E-state index < -0.39 is 21.9 Å². The zero-order valence-corrected chi connectivity index (χ0v) is 11.3. The molecule has 19 heavy (non-hydrogen) atoms. The number of carboxylic acid groups (broad SMARTS) is 1. The summed E-state index contributed by atoms with van der Waals surface area (Å²) in [6.07, 6.45) is 0.341.